The number of ether oxygens (including phenoxy) is 1. The monoisotopic (exact) mass is 244 g/mol. The Hall–Kier alpha value is -2.63. The molecule has 6 heteroatoms. The Kier molecular flexibility index (Phi) is 3.70. The van der Waals surface area contributed by atoms with Crippen LogP contribution >= 0.6 is 0 Å². The van der Waals surface area contributed by atoms with E-state index < -0.39 is 0 Å². The molecule has 0 aliphatic heterocycles. The van der Waals surface area contributed by atoms with Gasteiger partial charge in [-0.05, 0) is 12.1 Å². The van der Waals surface area contributed by atoms with E-state index in [0.717, 1.165) is 0 Å². The van der Waals surface area contributed by atoms with Gasteiger partial charge in [-0.3, -0.25) is 10.1 Å². The van der Waals surface area contributed by atoms with Gasteiger partial charge in [-0.15, -0.1) is 0 Å². The first-order chi connectivity index (χ1) is 8.81. The van der Waals surface area contributed by atoms with Crippen LogP contribution < -0.4 is 10.1 Å². The number of aromatic amines is 1. The highest BCUT2D eigenvalue weighted by Crippen LogP contribution is 2.18. The second-order valence-electron chi connectivity index (χ2n) is 3.38. The van der Waals surface area contributed by atoms with Crippen LogP contribution in [0.4, 0.5) is 5.95 Å². The normalized spacial score (nSPS) is 9.78. The van der Waals surface area contributed by atoms with Gasteiger partial charge in [-0.2, -0.15) is 10.1 Å². The van der Waals surface area contributed by atoms with E-state index in [0.29, 0.717) is 23.9 Å². The molecule has 2 rings (SSSR count). The fourth-order valence-electron chi connectivity index (χ4n) is 1.37. The Labute approximate surface area is 104 Å². The first-order valence-electron chi connectivity index (χ1n) is 5.30. The van der Waals surface area contributed by atoms with E-state index in [-0.39, 0.29) is 5.91 Å². The third-order valence-corrected chi connectivity index (χ3v) is 2.14. The van der Waals surface area contributed by atoms with Crippen molar-refractivity contribution in [3.05, 3.63) is 48.8 Å². The maximum Gasteiger partial charge on any atom is 0.261 e. The summed E-state index contributed by atoms with van der Waals surface area (Å²) in [4.78, 5) is 15.8. The van der Waals surface area contributed by atoms with Gasteiger partial charge < -0.3 is 4.74 Å². The number of nitrogens with zero attached hydrogens (tertiary/aromatic N) is 2. The van der Waals surface area contributed by atoms with Crippen molar-refractivity contribution < 1.29 is 9.53 Å². The van der Waals surface area contributed by atoms with Gasteiger partial charge in [-0.1, -0.05) is 24.8 Å². The Morgan fingerprint density at radius 3 is 3.06 bits per heavy atom. The van der Waals surface area contributed by atoms with E-state index >= 15 is 0 Å². The molecular formula is C12H12N4O2. The van der Waals surface area contributed by atoms with Crippen molar-refractivity contribution in [3.63, 3.8) is 0 Å². The van der Waals surface area contributed by atoms with Gasteiger partial charge >= 0.3 is 0 Å². The fourth-order valence-corrected chi connectivity index (χ4v) is 1.37. The van der Waals surface area contributed by atoms with Gasteiger partial charge in [0.25, 0.3) is 5.91 Å². The molecule has 6 nitrogen and oxygen atoms in total. The lowest BCUT2D eigenvalue weighted by atomic mass is 10.2. The van der Waals surface area contributed by atoms with Crippen LogP contribution in [0, 0.1) is 0 Å². The SMILES string of the molecule is C=CCOc1ccccc1C(=O)Nc1ncn[nH]1. The zero-order valence-corrected chi connectivity index (χ0v) is 9.59. The summed E-state index contributed by atoms with van der Waals surface area (Å²) in [5.74, 6) is 0.472. The average molecular weight is 244 g/mol. The minimum absolute atomic E-state index is 0.290. The number of anilines is 1. The minimum atomic E-state index is -0.314. The molecule has 1 heterocycles. The number of benzene rings is 1. The predicted octanol–water partition coefficient (Wildman–Crippen LogP) is 1.62. The number of hydrogen-bond donors (Lipinski definition) is 2. The summed E-state index contributed by atoms with van der Waals surface area (Å²) >= 11 is 0. The summed E-state index contributed by atoms with van der Waals surface area (Å²) in [7, 11) is 0. The van der Waals surface area contributed by atoms with E-state index in [9.17, 15) is 4.79 Å². The molecule has 0 saturated carbocycles. The number of nitrogens with one attached hydrogen (secondary N) is 2. The van der Waals surface area contributed by atoms with Crippen molar-refractivity contribution in [2.24, 2.45) is 0 Å². The number of rotatable bonds is 5. The molecule has 0 atom stereocenters. The first kappa shape index (κ1) is 11.8. The van der Waals surface area contributed by atoms with Crippen LogP contribution in [0.1, 0.15) is 10.4 Å². The number of carbonyl (C=O) groups excluding carboxylic acids is 1. The number of aromatic nitrogens is 3. The summed E-state index contributed by atoms with van der Waals surface area (Å²) in [5.41, 5.74) is 0.427. The molecule has 0 radical (unpaired) electrons. The number of para-hydroxylation sites is 1. The zero-order valence-electron chi connectivity index (χ0n) is 9.59. The first-order valence-corrected chi connectivity index (χ1v) is 5.30. The van der Waals surface area contributed by atoms with Crippen LogP contribution in [0.5, 0.6) is 5.75 Å². The molecule has 2 N–H and O–H groups in total. The zero-order chi connectivity index (χ0) is 12.8. The van der Waals surface area contributed by atoms with E-state index in [4.69, 9.17) is 4.74 Å². The minimum Gasteiger partial charge on any atom is -0.489 e. The lowest BCUT2D eigenvalue weighted by Crippen LogP contribution is -2.14. The molecule has 18 heavy (non-hydrogen) atoms. The number of carbonyl (C=O) groups is 1. The molecule has 0 aliphatic carbocycles. The second kappa shape index (κ2) is 5.62. The third-order valence-electron chi connectivity index (χ3n) is 2.14. The lowest BCUT2D eigenvalue weighted by molar-refractivity contribution is 0.102. The van der Waals surface area contributed by atoms with Gasteiger partial charge in [-0.25, -0.2) is 5.10 Å². The van der Waals surface area contributed by atoms with Gasteiger partial charge in [0.05, 0.1) is 5.56 Å². The number of amides is 1. The van der Waals surface area contributed by atoms with E-state index in [1.54, 1.807) is 30.3 Å². The summed E-state index contributed by atoms with van der Waals surface area (Å²) < 4.78 is 5.40. The highest BCUT2D eigenvalue weighted by molar-refractivity contribution is 6.05. The Morgan fingerprint density at radius 1 is 1.50 bits per heavy atom. The molecule has 0 bridgehead atoms. The van der Waals surface area contributed by atoms with Gasteiger partial charge in [0, 0.05) is 0 Å². The molecule has 0 fully saturated rings. The largest absolute Gasteiger partial charge is 0.489 e. The maximum absolute atomic E-state index is 12.0. The van der Waals surface area contributed by atoms with Crippen LogP contribution in [-0.2, 0) is 0 Å². The average Bonchev–Trinajstić information content (AvgIpc) is 2.89. The van der Waals surface area contributed by atoms with Crippen molar-refractivity contribution in [1.82, 2.24) is 15.2 Å². The van der Waals surface area contributed by atoms with Crippen molar-refractivity contribution in [3.8, 4) is 5.75 Å². The smallest absolute Gasteiger partial charge is 0.261 e. The Bertz CT molecular complexity index is 537. The molecule has 0 aliphatic rings. The van der Waals surface area contributed by atoms with Crippen LogP contribution in [0.2, 0.25) is 0 Å². The van der Waals surface area contributed by atoms with Crippen molar-refractivity contribution >= 4 is 11.9 Å². The Morgan fingerprint density at radius 2 is 2.33 bits per heavy atom. The van der Waals surface area contributed by atoms with Crippen molar-refractivity contribution in [1.29, 1.82) is 0 Å². The van der Waals surface area contributed by atoms with Crippen LogP contribution in [0.3, 0.4) is 0 Å². The lowest BCUT2D eigenvalue weighted by Gasteiger charge is -2.08. The number of hydrogen-bond acceptors (Lipinski definition) is 4. The Balaban J connectivity index is 2.16. The second-order valence-corrected chi connectivity index (χ2v) is 3.38. The quantitative estimate of drug-likeness (QED) is 0.783. The molecule has 1 aromatic heterocycles. The molecule has 1 amide bonds. The molecule has 92 valence electrons. The molecule has 0 saturated heterocycles. The van der Waals surface area contributed by atoms with Crippen molar-refractivity contribution in [2.75, 3.05) is 11.9 Å². The molecule has 0 spiro atoms. The maximum atomic E-state index is 12.0. The summed E-state index contributed by atoms with van der Waals surface area (Å²) in [6.45, 7) is 3.90. The van der Waals surface area contributed by atoms with E-state index in [2.05, 4.69) is 27.1 Å². The van der Waals surface area contributed by atoms with Crippen molar-refractivity contribution in [2.45, 2.75) is 0 Å². The van der Waals surface area contributed by atoms with E-state index in [1.165, 1.54) is 6.33 Å². The summed E-state index contributed by atoms with van der Waals surface area (Å²) in [6, 6.07) is 6.95. The van der Waals surface area contributed by atoms with Crippen LogP contribution in [-0.4, -0.2) is 27.7 Å². The highest BCUT2D eigenvalue weighted by atomic mass is 16.5. The molecular weight excluding hydrogens is 232 g/mol. The molecule has 2 aromatic rings. The molecule has 1 aromatic carbocycles. The topological polar surface area (TPSA) is 79.9 Å². The summed E-state index contributed by atoms with van der Waals surface area (Å²) in [6.07, 6.45) is 2.93. The van der Waals surface area contributed by atoms with Gasteiger partial charge in [0.2, 0.25) is 5.95 Å². The highest BCUT2D eigenvalue weighted by Gasteiger charge is 2.12. The molecule has 0 unspecified atom stereocenters. The van der Waals surface area contributed by atoms with Gasteiger partial charge in [0.1, 0.15) is 18.7 Å². The van der Waals surface area contributed by atoms with Crippen LogP contribution in [0.15, 0.2) is 43.2 Å². The number of H-pyrrole nitrogens is 1. The third kappa shape index (κ3) is 2.73. The van der Waals surface area contributed by atoms with E-state index in [1.807, 2.05) is 0 Å². The standard InChI is InChI=1S/C12H12N4O2/c1-2-7-18-10-6-4-3-5-9(10)11(17)15-12-13-8-14-16-12/h2-6,8H,1,7H2,(H2,13,14,15,16,17). The predicted molar refractivity (Wildman–Crippen MR) is 66.5 cm³/mol. The van der Waals surface area contributed by atoms with Gasteiger partial charge in [0.15, 0.2) is 0 Å². The fraction of sp³-hybridized carbons (Fsp3) is 0.0833. The summed E-state index contributed by atoms with van der Waals surface area (Å²) in [5, 5.41) is 8.78. The van der Waals surface area contributed by atoms with Crippen LogP contribution in [0.25, 0.3) is 0 Å².